The van der Waals surface area contributed by atoms with Crippen LogP contribution in [0.25, 0.3) is 0 Å². The molecule has 1 aromatic heterocycles. The number of β-amino-alcohol motifs (C(OH)–C–C–N with tert-alkyl or cyclic N) is 1. The lowest BCUT2D eigenvalue weighted by Gasteiger charge is -2.38. The van der Waals surface area contributed by atoms with Crippen LogP contribution in [0.5, 0.6) is 0 Å². The lowest BCUT2D eigenvalue weighted by Crippen LogP contribution is -2.46. The van der Waals surface area contributed by atoms with Crippen LogP contribution in [-0.2, 0) is 9.47 Å². The average Bonchev–Trinajstić information content (AvgIpc) is 2.91. The molecule has 0 amide bonds. The van der Waals surface area contributed by atoms with Crippen molar-refractivity contribution in [3.63, 3.8) is 0 Å². The predicted molar refractivity (Wildman–Crippen MR) is 69.5 cm³/mol. The fourth-order valence-electron chi connectivity index (χ4n) is 2.77. The number of aliphatic hydroxyl groups excluding tert-OH is 1. The van der Waals surface area contributed by atoms with Crippen molar-refractivity contribution in [2.24, 2.45) is 0 Å². The Kier molecular flexibility index (Phi) is 3.79. The second kappa shape index (κ2) is 5.54. The summed E-state index contributed by atoms with van der Waals surface area (Å²) in [5.41, 5.74) is 0.733. The van der Waals surface area contributed by atoms with E-state index in [-0.39, 0.29) is 5.79 Å². The first-order valence-electron chi connectivity index (χ1n) is 6.87. The van der Waals surface area contributed by atoms with Gasteiger partial charge in [-0.2, -0.15) is 0 Å². The van der Waals surface area contributed by atoms with Crippen molar-refractivity contribution in [1.29, 1.82) is 0 Å². The zero-order valence-corrected chi connectivity index (χ0v) is 11.0. The van der Waals surface area contributed by atoms with Crippen molar-refractivity contribution in [2.75, 3.05) is 32.8 Å². The summed E-state index contributed by atoms with van der Waals surface area (Å²) in [5, 5.41) is 10.2. The summed E-state index contributed by atoms with van der Waals surface area (Å²) in [4.78, 5) is 6.43. The first-order valence-corrected chi connectivity index (χ1v) is 6.87. The highest BCUT2D eigenvalue weighted by Crippen LogP contribution is 2.31. The maximum atomic E-state index is 10.2. The molecule has 2 saturated heterocycles. The van der Waals surface area contributed by atoms with Gasteiger partial charge in [0.1, 0.15) is 6.10 Å². The fraction of sp³-hybridized carbons (Fsp3) is 0.643. The number of ether oxygens (including phenoxy) is 2. The summed E-state index contributed by atoms with van der Waals surface area (Å²) >= 11 is 0. The van der Waals surface area contributed by atoms with Gasteiger partial charge < -0.3 is 14.6 Å². The van der Waals surface area contributed by atoms with Gasteiger partial charge in [-0.3, -0.25) is 9.88 Å². The Balaban J connectivity index is 1.52. The third kappa shape index (κ3) is 2.95. The van der Waals surface area contributed by atoms with Crippen LogP contribution < -0.4 is 0 Å². The van der Waals surface area contributed by atoms with Crippen molar-refractivity contribution < 1.29 is 14.6 Å². The maximum absolute atomic E-state index is 10.2. The Morgan fingerprint density at radius 1 is 1.26 bits per heavy atom. The molecule has 5 nitrogen and oxygen atoms in total. The standard InChI is InChI=1S/C14H20N2O3/c17-13(12-3-1-2-6-15-12)11-16-7-4-14(5-8-16)18-9-10-19-14/h1-3,6,13,17H,4-5,7-11H2. The number of rotatable bonds is 3. The van der Waals surface area contributed by atoms with Gasteiger partial charge in [0.2, 0.25) is 0 Å². The topological polar surface area (TPSA) is 54.8 Å². The highest BCUT2D eigenvalue weighted by Gasteiger charge is 2.39. The number of aliphatic hydroxyl groups is 1. The minimum atomic E-state index is -0.527. The van der Waals surface area contributed by atoms with Gasteiger partial charge >= 0.3 is 0 Å². The second-order valence-electron chi connectivity index (χ2n) is 5.18. The van der Waals surface area contributed by atoms with E-state index < -0.39 is 6.10 Å². The Morgan fingerprint density at radius 2 is 2.00 bits per heavy atom. The van der Waals surface area contributed by atoms with Crippen LogP contribution in [0.2, 0.25) is 0 Å². The van der Waals surface area contributed by atoms with Crippen molar-refractivity contribution in [2.45, 2.75) is 24.7 Å². The molecular weight excluding hydrogens is 244 g/mol. The second-order valence-corrected chi connectivity index (χ2v) is 5.18. The molecule has 0 aliphatic carbocycles. The number of likely N-dealkylation sites (tertiary alicyclic amines) is 1. The van der Waals surface area contributed by atoms with Crippen molar-refractivity contribution in [3.8, 4) is 0 Å². The van der Waals surface area contributed by atoms with E-state index in [0.717, 1.165) is 31.6 Å². The average molecular weight is 264 g/mol. The third-order valence-electron chi connectivity index (χ3n) is 3.89. The number of hydrogen-bond donors (Lipinski definition) is 1. The third-order valence-corrected chi connectivity index (χ3v) is 3.89. The Morgan fingerprint density at radius 3 is 2.63 bits per heavy atom. The molecule has 5 heteroatoms. The van der Waals surface area contributed by atoms with Crippen LogP contribution in [0.4, 0.5) is 0 Å². The van der Waals surface area contributed by atoms with Gasteiger partial charge in [0.25, 0.3) is 0 Å². The molecule has 2 fully saturated rings. The largest absolute Gasteiger partial charge is 0.385 e. The zero-order chi connectivity index (χ0) is 13.1. The molecule has 2 aliphatic rings. The Labute approximate surface area is 113 Å². The SMILES string of the molecule is OC(CN1CCC2(CC1)OCCO2)c1ccccn1. The molecule has 1 unspecified atom stereocenters. The van der Waals surface area contributed by atoms with E-state index >= 15 is 0 Å². The van der Waals surface area contributed by atoms with E-state index in [4.69, 9.17) is 9.47 Å². The molecule has 0 aromatic carbocycles. The number of aromatic nitrogens is 1. The minimum Gasteiger partial charge on any atom is -0.385 e. The molecule has 3 rings (SSSR count). The molecule has 1 spiro atoms. The quantitative estimate of drug-likeness (QED) is 0.881. The summed E-state index contributed by atoms with van der Waals surface area (Å²) in [6.07, 6.45) is 2.94. The Bertz CT molecular complexity index is 396. The van der Waals surface area contributed by atoms with E-state index in [1.165, 1.54) is 0 Å². The van der Waals surface area contributed by atoms with Gasteiger partial charge in [0.05, 0.1) is 18.9 Å². The van der Waals surface area contributed by atoms with Crippen LogP contribution in [0.1, 0.15) is 24.6 Å². The minimum absolute atomic E-state index is 0.341. The summed E-state index contributed by atoms with van der Waals surface area (Å²) in [7, 11) is 0. The van der Waals surface area contributed by atoms with Gasteiger partial charge in [-0.1, -0.05) is 6.07 Å². The first-order chi connectivity index (χ1) is 9.27. The predicted octanol–water partition coefficient (Wildman–Crippen LogP) is 0.954. The zero-order valence-electron chi connectivity index (χ0n) is 11.0. The van der Waals surface area contributed by atoms with Gasteiger partial charge in [-0.15, -0.1) is 0 Å². The lowest BCUT2D eigenvalue weighted by molar-refractivity contribution is -0.186. The van der Waals surface area contributed by atoms with Crippen LogP contribution in [0, 0.1) is 0 Å². The highest BCUT2D eigenvalue weighted by atomic mass is 16.7. The molecule has 104 valence electrons. The molecule has 0 bridgehead atoms. The van der Waals surface area contributed by atoms with E-state index in [1.54, 1.807) is 6.20 Å². The monoisotopic (exact) mass is 264 g/mol. The van der Waals surface area contributed by atoms with Crippen LogP contribution in [-0.4, -0.2) is 53.6 Å². The van der Waals surface area contributed by atoms with Crippen LogP contribution in [0.15, 0.2) is 24.4 Å². The van der Waals surface area contributed by atoms with Crippen molar-refractivity contribution in [3.05, 3.63) is 30.1 Å². The molecule has 0 radical (unpaired) electrons. The molecular formula is C14H20N2O3. The van der Waals surface area contributed by atoms with Gasteiger partial charge in [-0.25, -0.2) is 0 Å². The highest BCUT2D eigenvalue weighted by molar-refractivity contribution is 5.07. The van der Waals surface area contributed by atoms with Gasteiger partial charge in [-0.05, 0) is 12.1 Å². The summed E-state index contributed by atoms with van der Waals surface area (Å²) in [5.74, 6) is -0.341. The maximum Gasteiger partial charge on any atom is 0.170 e. The van der Waals surface area contributed by atoms with E-state index in [0.29, 0.717) is 19.8 Å². The fourth-order valence-corrected chi connectivity index (χ4v) is 2.77. The molecule has 1 atom stereocenters. The van der Waals surface area contributed by atoms with E-state index in [9.17, 15) is 5.11 Å². The Hall–Kier alpha value is -1.01. The number of hydrogen-bond acceptors (Lipinski definition) is 5. The molecule has 3 heterocycles. The van der Waals surface area contributed by atoms with E-state index in [1.807, 2.05) is 18.2 Å². The smallest absolute Gasteiger partial charge is 0.170 e. The van der Waals surface area contributed by atoms with Crippen molar-refractivity contribution >= 4 is 0 Å². The normalized spacial score (nSPS) is 24.7. The molecule has 2 aliphatic heterocycles. The number of nitrogens with zero attached hydrogens (tertiary/aromatic N) is 2. The van der Waals surface area contributed by atoms with Crippen LogP contribution in [0.3, 0.4) is 0 Å². The molecule has 19 heavy (non-hydrogen) atoms. The summed E-state index contributed by atoms with van der Waals surface area (Å²) in [6, 6.07) is 5.62. The van der Waals surface area contributed by atoms with Gasteiger partial charge in [0, 0.05) is 38.7 Å². The number of pyridine rings is 1. The van der Waals surface area contributed by atoms with Gasteiger partial charge in [0.15, 0.2) is 5.79 Å². The van der Waals surface area contributed by atoms with Crippen molar-refractivity contribution in [1.82, 2.24) is 9.88 Å². The van der Waals surface area contributed by atoms with E-state index in [2.05, 4.69) is 9.88 Å². The number of piperidine rings is 1. The molecule has 1 aromatic rings. The lowest BCUT2D eigenvalue weighted by atomic mass is 10.0. The first kappa shape index (κ1) is 13.0. The van der Waals surface area contributed by atoms with Crippen LogP contribution >= 0.6 is 0 Å². The summed E-state index contributed by atoms with van der Waals surface area (Å²) < 4.78 is 11.4. The molecule has 1 N–H and O–H groups in total. The summed E-state index contributed by atoms with van der Waals surface area (Å²) in [6.45, 7) is 3.81. The molecule has 0 saturated carbocycles.